The molecule has 0 saturated carbocycles. The molecule has 0 aliphatic carbocycles. The minimum Gasteiger partial charge on any atom is -0.349 e. The SMILES string of the molecule is CC(=O)CCCN1C2CCC1CC(NC(=O)c1cc3ccccc3n(C(C)C)c1=O)C2. The number of carbonyl (C=O) groups excluding carboxylic acids is 2. The Morgan fingerprint density at radius 2 is 1.81 bits per heavy atom. The largest absolute Gasteiger partial charge is 0.349 e. The molecular formula is C25H33N3O3. The number of hydrogen-bond donors (Lipinski definition) is 1. The standard InChI is InChI=1S/C25H33N3O3/c1-16(2)28-23-9-5-4-8-18(23)13-22(25(28)31)24(30)26-19-14-20-10-11-21(15-19)27(20)12-6-7-17(3)29/h4-5,8-9,13,16,19-21H,6-7,10-12,14-15H2,1-3H3,(H,26,30). The highest BCUT2D eigenvalue weighted by atomic mass is 16.2. The number of para-hydroxylation sites is 1. The molecule has 0 spiro atoms. The van der Waals surface area contributed by atoms with E-state index in [9.17, 15) is 14.4 Å². The van der Waals surface area contributed by atoms with Crippen molar-refractivity contribution in [2.24, 2.45) is 0 Å². The lowest BCUT2D eigenvalue weighted by Crippen LogP contribution is -2.51. The summed E-state index contributed by atoms with van der Waals surface area (Å²) in [6, 6.07) is 10.4. The van der Waals surface area contributed by atoms with Crippen molar-refractivity contribution in [3.8, 4) is 0 Å². The third-order valence-corrected chi connectivity index (χ3v) is 6.87. The van der Waals surface area contributed by atoms with Gasteiger partial charge in [-0.15, -0.1) is 0 Å². The number of amides is 1. The van der Waals surface area contributed by atoms with Crippen LogP contribution < -0.4 is 10.9 Å². The molecule has 1 aromatic carbocycles. The van der Waals surface area contributed by atoms with Gasteiger partial charge in [-0.25, -0.2) is 0 Å². The average molecular weight is 424 g/mol. The highest BCUT2D eigenvalue weighted by molar-refractivity contribution is 5.97. The van der Waals surface area contributed by atoms with Gasteiger partial charge < -0.3 is 14.7 Å². The van der Waals surface area contributed by atoms with E-state index in [1.54, 1.807) is 17.6 Å². The molecule has 2 fully saturated rings. The molecule has 4 rings (SSSR count). The fourth-order valence-corrected chi connectivity index (χ4v) is 5.49. The van der Waals surface area contributed by atoms with E-state index in [0.29, 0.717) is 18.5 Å². The molecule has 6 heteroatoms. The molecule has 6 nitrogen and oxygen atoms in total. The molecule has 2 bridgehead atoms. The molecule has 2 atom stereocenters. The van der Waals surface area contributed by atoms with E-state index >= 15 is 0 Å². The normalized spacial score (nSPS) is 23.4. The number of carbonyl (C=O) groups is 2. The van der Waals surface area contributed by atoms with Gasteiger partial charge in [0.05, 0.1) is 5.52 Å². The van der Waals surface area contributed by atoms with Crippen molar-refractivity contribution in [3.05, 3.63) is 46.2 Å². The van der Waals surface area contributed by atoms with E-state index in [-0.39, 0.29) is 34.9 Å². The fraction of sp³-hybridized carbons (Fsp3) is 0.560. The first-order chi connectivity index (χ1) is 14.8. The zero-order valence-corrected chi connectivity index (χ0v) is 18.8. The summed E-state index contributed by atoms with van der Waals surface area (Å²) in [5, 5.41) is 4.07. The van der Waals surface area contributed by atoms with Gasteiger partial charge in [0.15, 0.2) is 0 Å². The quantitative estimate of drug-likeness (QED) is 0.738. The van der Waals surface area contributed by atoms with E-state index in [2.05, 4.69) is 10.2 Å². The van der Waals surface area contributed by atoms with Gasteiger partial charge in [-0.2, -0.15) is 0 Å². The van der Waals surface area contributed by atoms with Crippen LogP contribution in [0.4, 0.5) is 0 Å². The number of Topliss-reactive ketones (excluding diaryl/α,β-unsaturated/α-hetero) is 1. The third kappa shape index (κ3) is 4.45. The number of nitrogens with zero attached hydrogens (tertiary/aromatic N) is 2. The van der Waals surface area contributed by atoms with Gasteiger partial charge in [0.1, 0.15) is 11.3 Å². The van der Waals surface area contributed by atoms with Crippen LogP contribution in [0.2, 0.25) is 0 Å². The Balaban J connectivity index is 1.49. The Morgan fingerprint density at radius 1 is 1.13 bits per heavy atom. The van der Waals surface area contributed by atoms with Crippen LogP contribution in [-0.4, -0.2) is 45.8 Å². The van der Waals surface area contributed by atoms with Crippen LogP contribution >= 0.6 is 0 Å². The molecule has 1 N–H and O–H groups in total. The number of aromatic nitrogens is 1. The second kappa shape index (κ2) is 8.95. The molecule has 166 valence electrons. The summed E-state index contributed by atoms with van der Waals surface area (Å²) in [6.45, 7) is 6.54. The van der Waals surface area contributed by atoms with Crippen LogP contribution in [0.25, 0.3) is 10.9 Å². The van der Waals surface area contributed by atoms with Gasteiger partial charge in [-0.3, -0.25) is 14.5 Å². The van der Waals surface area contributed by atoms with Gasteiger partial charge in [0, 0.05) is 30.6 Å². The van der Waals surface area contributed by atoms with Crippen LogP contribution in [0.15, 0.2) is 35.1 Å². The number of piperidine rings is 1. The van der Waals surface area contributed by atoms with Crippen LogP contribution in [0.3, 0.4) is 0 Å². The summed E-state index contributed by atoms with van der Waals surface area (Å²) >= 11 is 0. The number of hydrogen-bond acceptors (Lipinski definition) is 4. The van der Waals surface area contributed by atoms with Crippen molar-refractivity contribution in [2.45, 2.75) is 83.5 Å². The molecule has 31 heavy (non-hydrogen) atoms. The number of nitrogens with one attached hydrogen (secondary N) is 1. The number of pyridine rings is 1. The first-order valence-corrected chi connectivity index (χ1v) is 11.6. The van der Waals surface area contributed by atoms with Gasteiger partial charge in [0.25, 0.3) is 11.5 Å². The van der Waals surface area contributed by atoms with Crippen molar-refractivity contribution in [1.82, 2.24) is 14.8 Å². The molecule has 1 aromatic heterocycles. The van der Waals surface area contributed by atoms with Gasteiger partial charge >= 0.3 is 0 Å². The lowest BCUT2D eigenvalue weighted by Gasteiger charge is -2.39. The zero-order chi connectivity index (χ0) is 22.1. The summed E-state index contributed by atoms with van der Waals surface area (Å²) in [5.74, 6) is -0.0171. The summed E-state index contributed by atoms with van der Waals surface area (Å²) in [5.41, 5.74) is 0.857. The van der Waals surface area contributed by atoms with Crippen molar-refractivity contribution in [2.75, 3.05) is 6.54 Å². The first kappa shape index (κ1) is 21.8. The topological polar surface area (TPSA) is 71.4 Å². The predicted octanol–water partition coefficient (Wildman–Crippen LogP) is 3.68. The lowest BCUT2D eigenvalue weighted by molar-refractivity contribution is -0.117. The maximum absolute atomic E-state index is 13.1. The monoisotopic (exact) mass is 423 g/mol. The minimum atomic E-state index is -0.264. The van der Waals surface area contributed by atoms with E-state index in [1.807, 2.05) is 38.1 Å². The molecule has 2 unspecified atom stereocenters. The highest BCUT2D eigenvalue weighted by Crippen LogP contribution is 2.36. The molecule has 2 aromatic rings. The van der Waals surface area contributed by atoms with E-state index in [4.69, 9.17) is 0 Å². The lowest BCUT2D eigenvalue weighted by atomic mass is 9.96. The molecule has 1 amide bonds. The second-order valence-electron chi connectivity index (χ2n) is 9.46. The summed E-state index contributed by atoms with van der Waals surface area (Å²) in [4.78, 5) is 40.1. The van der Waals surface area contributed by atoms with Crippen molar-refractivity contribution in [3.63, 3.8) is 0 Å². The maximum atomic E-state index is 13.1. The molecule has 2 saturated heterocycles. The maximum Gasteiger partial charge on any atom is 0.264 e. The number of benzene rings is 1. The Morgan fingerprint density at radius 3 is 2.45 bits per heavy atom. The summed E-state index contributed by atoms with van der Waals surface area (Å²) in [7, 11) is 0. The molecular weight excluding hydrogens is 390 g/mol. The molecule has 3 heterocycles. The Kier molecular flexibility index (Phi) is 6.28. The van der Waals surface area contributed by atoms with Crippen LogP contribution in [0.5, 0.6) is 0 Å². The highest BCUT2D eigenvalue weighted by Gasteiger charge is 2.40. The second-order valence-corrected chi connectivity index (χ2v) is 9.46. The fourth-order valence-electron chi connectivity index (χ4n) is 5.49. The van der Waals surface area contributed by atoms with E-state index in [1.165, 1.54) is 0 Å². The van der Waals surface area contributed by atoms with E-state index < -0.39 is 0 Å². The number of ketones is 1. The summed E-state index contributed by atoms with van der Waals surface area (Å²) in [6.07, 6.45) is 5.66. The zero-order valence-electron chi connectivity index (χ0n) is 18.8. The Labute approximate surface area is 183 Å². The van der Waals surface area contributed by atoms with Crippen molar-refractivity contribution in [1.29, 1.82) is 0 Å². The Hall–Kier alpha value is -2.47. The van der Waals surface area contributed by atoms with Crippen LogP contribution in [0.1, 0.15) is 75.7 Å². The van der Waals surface area contributed by atoms with Crippen molar-refractivity contribution < 1.29 is 9.59 Å². The van der Waals surface area contributed by atoms with Gasteiger partial charge in [-0.1, -0.05) is 18.2 Å². The van der Waals surface area contributed by atoms with Gasteiger partial charge in [0.2, 0.25) is 0 Å². The molecule has 0 radical (unpaired) electrons. The smallest absolute Gasteiger partial charge is 0.264 e. The third-order valence-electron chi connectivity index (χ3n) is 6.87. The van der Waals surface area contributed by atoms with Crippen molar-refractivity contribution >= 4 is 22.6 Å². The van der Waals surface area contributed by atoms with Crippen LogP contribution in [0, 0.1) is 0 Å². The minimum absolute atomic E-state index is 0.0285. The number of fused-ring (bicyclic) bond motifs is 3. The average Bonchev–Trinajstić information content (AvgIpc) is 2.95. The molecule has 2 aliphatic heterocycles. The summed E-state index contributed by atoms with van der Waals surface area (Å²) < 4.78 is 1.71. The number of rotatable bonds is 7. The van der Waals surface area contributed by atoms with Crippen LogP contribution in [-0.2, 0) is 4.79 Å². The van der Waals surface area contributed by atoms with E-state index in [0.717, 1.165) is 49.6 Å². The molecule has 2 aliphatic rings. The predicted molar refractivity (Wildman–Crippen MR) is 123 cm³/mol. The van der Waals surface area contributed by atoms with Gasteiger partial charge in [-0.05, 0) is 76.9 Å². The Bertz CT molecular complexity index is 1030. The first-order valence-electron chi connectivity index (χ1n) is 11.6.